The van der Waals surface area contributed by atoms with Gasteiger partial charge in [0.1, 0.15) is 0 Å². The minimum atomic E-state index is -3.65. The molecule has 1 unspecified atom stereocenters. The molecule has 33 heavy (non-hydrogen) atoms. The number of rotatable bonds is 9. The molecule has 3 rings (SSSR count). The minimum absolute atomic E-state index is 0.206. The van der Waals surface area contributed by atoms with Crippen molar-refractivity contribution in [3.63, 3.8) is 0 Å². The van der Waals surface area contributed by atoms with Gasteiger partial charge in [0, 0.05) is 30.7 Å². The van der Waals surface area contributed by atoms with E-state index in [4.69, 9.17) is 11.6 Å². The Bertz CT molecular complexity index is 1030. The van der Waals surface area contributed by atoms with Gasteiger partial charge in [-0.15, -0.1) is 0 Å². The van der Waals surface area contributed by atoms with Crippen molar-refractivity contribution in [1.82, 2.24) is 14.9 Å². The molecule has 9 heteroatoms. The molecular formula is C24H30ClN3O4S. The lowest BCUT2D eigenvalue weighted by atomic mass is 10.0. The van der Waals surface area contributed by atoms with E-state index in [-0.39, 0.29) is 17.5 Å². The molecule has 2 N–H and O–H groups in total. The van der Waals surface area contributed by atoms with Gasteiger partial charge in [-0.25, -0.2) is 8.42 Å². The Morgan fingerprint density at radius 3 is 2.30 bits per heavy atom. The predicted octanol–water partition coefficient (Wildman–Crippen LogP) is 3.14. The molecule has 1 fully saturated rings. The lowest BCUT2D eigenvalue weighted by molar-refractivity contribution is -0.139. The summed E-state index contributed by atoms with van der Waals surface area (Å²) in [5.74, 6) is -1.37. The number of sulfonamides is 1. The Morgan fingerprint density at radius 1 is 0.939 bits per heavy atom. The molecule has 1 saturated heterocycles. The van der Waals surface area contributed by atoms with Crippen molar-refractivity contribution < 1.29 is 18.0 Å². The van der Waals surface area contributed by atoms with Crippen molar-refractivity contribution >= 4 is 33.4 Å². The first-order valence-electron chi connectivity index (χ1n) is 11.3. The number of halogens is 1. The van der Waals surface area contributed by atoms with Crippen molar-refractivity contribution in [3.8, 4) is 0 Å². The van der Waals surface area contributed by atoms with Crippen LogP contribution in [0.25, 0.3) is 0 Å². The number of hydrogen-bond acceptors (Lipinski definition) is 4. The van der Waals surface area contributed by atoms with Crippen molar-refractivity contribution in [1.29, 1.82) is 0 Å². The van der Waals surface area contributed by atoms with Gasteiger partial charge in [-0.3, -0.25) is 9.59 Å². The highest BCUT2D eigenvalue weighted by Gasteiger charge is 2.33. The molecule has 2 aromatic carbocycles. The molecule has 1 atom stereocenters. The zero-order chi connectivity index (χ0) is 23.7. The second-order valence-electron chi connectivity index (χ2n) is 8.11. The molecule has 1 heterocycles. The van der Waals surface area contributed by atoms with E-state index in [1.807, 2.05) is 30.3 Å². The van der Waals surface area contributed by atoms with E-state index in [0.717, 1.165) is 25.7 Å². The van der Waals surface area contributed by atoms with Gasteiger partial charge in [0.25, 0.3) is 0 Å². The third-order valence-electron chi connectivity index (χ3n) is 5.73. The maximum absolute atomic E-state index is 13.1. The number of carbonyl (C=O) groups excluding carboxylic acids is 2. The van der Waals surface area contributed by atoms with Crippen LogP contribution in [-0.2, 0) is 26.0 Å². The summed E-state index contributed by atoms with van der Waals surface area (Å²) in [6.07, 6.45) is 4.44. The largest absolute Gasteiger partial charge is 0.348 e. The molecule has 2 amide bonds. The molecule has 0 aliphatic carbocycles. The van der Waals surface area contributed by atoms with Crippen molar-refractivity contribution in [3.05, 3.63) is 65.2 Å². The third kappa shape index (κ3) is 7.28. The van der Waals surface area contributed by atoms with Crippen LogP contribution < -0.4 is 10.6 Å². The molecule has 2 aromatic rings. The van der Waals surface area contributed by atoms with Crippen LogP contribution in [0.3, 0.4) is 0 Å². The number of hydrogen-bond donors (Lipinski definition) is 2. The van der Waals surface area contributed by atoms with E-state index in [0.29, 0.717) is 31.0 Å². The third-order valence-corrected chi connectivity index (χ3v) is 7.95. The molecule has 178 valence electrons. The Morgan fingerprint density at radius 2 is 1.61 bits per heavy atom. The highest BCUT2D eigenvalue weighted by molar-refractivity contribution is 7.89. The smallest absolute Gasteiger partial charge is 0.309 e. The predicted molar refractivity (Wildman–Crippen MR) is 128 cm³/mol. The normalized spacial score (nSPS) is 16.8. The summed E-state index contributed by atoms with van der Waals surface area (Å²) in [4.78, 5) is 24.4. The van der Waals surface area contributed by atoms with Gasteiger partial charge in [0.15, 0.2) is 0 Å². The fourth-order valence-electron chi connectivity index (χ4n) is 3.97. The summed E-state index contributed by atoms with van der Waals surface area (Å²) < 4.78 is 27.7. The molecule has 0 saturated carbocycles. The number of nitrogens with one attached hydrogen (secondary N) is 2. The summed E-state index contributed by atoms with van der Waals surface area (Å²) in [5.41, 5.74) is 1.18. The SMILES string of the molecule is O=C(NCCCc1ccccc1)C(=O)NCCC1CCCCN1S(=O)(=O)c1ccc(Cl)cc1. The van der Waals surface area contributed by atoms with Gasteiger partial charge in [-0.2, -0.15) is 4.31 Å². The van der Waals surface area contributed by atoms with E-state index in [2.05, 4.69) is 10.6 Å². The Balaban J connectivity index is 1.44. The molecule has 0 radical (unpaired) electrons. The topological polar surface area (TPSA) is 95.6 Å². The monoisotopic (exact) mass is 491 g/mol. The first-order valence-corrected chi connectivity index (χ1v) is 13.1. The molecular weight excluding hydrogens is 462 g/mol. The fourth-order valence-corrected chi connectivity index (χ4v) is 5.82. The molecule has 7 nitrogen and oxygen atoms in total. The molecule has 0 bridgehead atoms. The van der Waals surface area contributed by atoms with Crippen LogP contribution >= 0.6 is 11.6 Å². The standard InChI is InChI=1S/C24H30ClN3O4S/c25-20-11-13-22(14-12-20)33(31,32)28-18-5-4-10-21(28)15-17-27-24(30)23(29)26-16-6-9-19-7-2-1-3-8-19/h1-3,7-8,11-14,21H,4-6,9-10,15-18H2,(H,26,29)(H,27,30). The first-order chi connectivity index (χ1) is 15.9. The second kappa shape index (κ2) is 12.2. The van der Waals surface area contributed by atoms with Crippen LogP contribution in [0.2, 0.25) is 5.02 Å². The Kier molecular flexibility index (Phi) is 9.29. The van der Waals surface area contributed by atoms with Gasteiger partial charge in [-0.05, 0) is 61.9 Å². The van der Waals surface area contributed by atoms with Crippen molar-refractivity contribution in [2.24, 2.45) is 0 Å². The van der Waals surface area contributed by atoms with Gasteiger partial charge in [0.2, 0.25) is 10.0 Å². The fraction of sp³-hybridized carbons (Fsp3) is 0.417. The molecule has 0 spiro atoms. The average Bonchev–Trinajstić information content (AvgIpc) is 2.83. The van der Waals surface area contributed by atoms with Crippen LogP contribution in [0.4, 0.5) is 0 Å². The summed E-state index contributed by atoms with van der Waals surface area (Å²) in [6, 6.07) is 15.8. The van der Waals surface area contributed by atoms with Crippen molar-refractivity contribution in [2.45, 2.75) is 49.5 Å². The molecule has 0 aromatic heterocycles. The Labute approximate surface area is 200 Å². The van der Waals surface area contributed by atoms with Crippen LogP contribution in [-0.4, -0.2) is 50.2 Å². The maximum atomic E-state index is 13.1. The van der Waals surface area contributed by atoms with Gasteiger partial charge >= 0.3 is 11.8 Å². The zero-order valence-electron chi connectivity index (χ0n) is 18.5. The number of carbonyl (C=O) groups is 2. The molecule has 1 aliphatic rings. The lowest BCUT2D eigenvalue weighted by Crippen LogP contribution is -2.46. The van der Waals surface area contributed by atoms with Crippen LogP contribution in [0.5, 0.6) is 0 Å². The van der Waals surface area contributed by atoms with E-state index in [1.54, 1.807) is 12.1 Å². The van der Waals surface area contributed by atoms with E-state index in [9.17, 15) is 18.0 Å². The summed E-state index contributed by atoms with van der Waals surface area (Å²) in [5, 5.41) is 5.73. The number of amides is 2. The zero-order valence-corrected chi connectivity index (χ0v) is 20.1. The number of piperidine rings is 1. The number of benzene rings is 2. The minimum Gasteiger partial charge on any atom is -0.348 e. The van der Waals surface area contributed by atoms with Crippen LogP contribution in [0, 0.1) is 0 Å². The highest BCUT2D eigenvalue weighted by atomic mass is 35.5. The van der Waals surface area contributed by atoms with E-state index < -0.39 is 21.8 Å². The van der Waals surface area contributed by atoms with E-state index in [1.165, 1.54) is 22.0 Å². The Hall–Kier alpha value is -2.42. The first kappa shape index (κ1) is 25.2. The summed E-state index contributed by atoms with van der Waals surface area (Å²) in [7, 11) is -3.65. The van der Waals surface area contributed by atoms with Crippen LogP contribution in [0.15, 0.2) is 59.5 Å². The number of aryl methyl sites for hydroxylation is 1. The lowest BCUT2D eigenvalue weighted by Gasteiger charge is -2.34. The van der Waals surface area contributed by atoms with Gasteiger partial charge < -0.3 is 10.6 Å². The molecule has 1 aliphatic heterocycles. The number of nitrogens with zero attached hydrogens (tertiary/aromatic N) is 1. The van der Waals surface area contributed by atoms with E-state index >= 15 is 0 Å². The average molecular weight is 492 g/mol. The second-order valence-corrected chi connectivity index (χ2v) is 10.4. The van der Waals surface area contributed by atoms with Gasteiger partial charge in [-0.1, -0.05) is 48.4 Å². The van der Waals surface area contributed by atoms with Crippen LogP contribution in [0.1, 0.15) is 37.7 Å². The maximum Gasteiger partial charge on any atom is 0.309 e. The summed E-state index contributed by atoms with van der Waals surface area (Å²) in [6.45, 7) is 1.08. The van der Waals surface area contributed by atoms with Gasteiger partial charge in [0.05, 0.1) is 4.90 Å². The van der Waals surface area contributed by atoms with Crippen molar-refractivity contribution in [2.75, 3.05) is 19.6 Å². The highest BCUT2D eigenvalue weighted by Crippen LogP contribution is 2.27. The quantitative estimate of drug-likeness (QED) is 0.416. The summed E-state index contributed by atoms with van der Waals surface area (Å²) >= 11 is 5.89.